The average molecular weight is 485 g/mol. The molecule has 2 unspecified atom stereocenters. The van der Waals surface area contributed by atoms with Gasteiger partial charge in [-0.1, -0.05) is 48.0 Å². The van der Waals surface area contributed by atoms with Crippen molar-refractivity contribution in [2.75, 3.05) is 49.3 Å². The molecule has 0 amide bonds. The molecule has 3 aromatic carbocycles. The van der Waals surface area contributed by atoms with Crippen molar-refractivity contribution in [1.29, 1.82) is 0 Å². The molecule has 34 heavy (non-hydrogen) atoms. The maximum Gasteiger partial charge on any atom is 0.124 e. The van der Waals surface area contributed by atoms with Crippen molar-refractivity contribution in [2.24, 2.45) is 0 Å². The van der Waals surface area contributed by atoms with Gasteiger partial charge in [-0.25, -0.2) is 0 Å². The van der Waals surface area contributed by atoms with E-state index in [1.807, 2.05) is 65.6 Å². The van der Waals surface area contributed by atoms with Crippen LogP contribution in [0.2, 0.25) is 5.02 Å². The number of aliphatic hydroxyl groups excluding tert-OH is 4. The van der Waals surface area contributed by atoms with Crippen LogP contribution in [0.15, 0.2) is 72.8 Å². The molecule has 0 aromatic heterocycles. The molecule has 0 heterocycles. The Morgan fingerprint density at radius 3 is 1.47 bits per heavy atom. The van der Waals surface area contributed by atoms with Crippen LogP contribution in [0.1, 0.15) is 29.5 Å². The number of aliphatic hydroxyl groups is 4. The summed E-state index contributed by atoms with van der Waals surface area (Å²) in [4.78, 5) is 3.69. The van der Waals surface area contributed by atoms with Crippen LogP contribution in [0, 0.1) is 0 Å². The second kappa shape index (κ2) is 12.7. The van der Waals surface area contributed by atoms with Crippen molar-refractivity contribution in [2.45, 2.75) is 19.1 Å². The molecule has 0 saturated heterocycles. The fourth-order valence-corrected chi connectivity index (χ4v) is 4.35. The van der Waals surface area contributed by atoms with Gasteiger partial charge >= 0.3 is 0 Å². The Morgan fingerprint density at radius 2 is 1.06 bits per heavy atom. The normalized spacial score (nSPS) is 12.9. The fourth-order valence-electron chi connectivity index (χ4n) is 4.22. The van der Waals surface area contributed by atoms with Gasteiger partial charge in [-0.2, -0.15) is 0 Å². The average Bonchev–Trinajstić information content (AvgIpc) is 2.84. The second-order valence-corrected chi connectivity index (χ2v) is 8.59. The van der Waals surface area contributed by atoms with Gasteiger partial charge in [-0.05, 0) is 60.0 Å². The Morgan fingerprint density at radius 1 is 0.647 bits per heavy atom. The standard InChI is InChI=1S/C27H33ClN2O4/c1-20(34)30(16-19-33)26-12-6-23(7-13-26)27(21-2-8-24(28)9-3-21)22-4-10-25(11-5-22)29(14-17-31)15-18-32/h2-13,20,27,31-34H,14-19H2,1H3. The first-order chi connectivity index (χ1) is 16.5. The maximum absolute atomic E-state index is 10.1. The Balaban J connectivity index is 1.97. The Labute approximate surface area is 206 Å². The highest BCUT2D eigenvalue weighted by Crippen LogP contribution is 2.34. The minimum Gasteiger partial charge on any atom is -0.395 e. The third kappa shape index (κ3) is 6.50. The van der Waals surface area contributed by atoms with Crippen LogP contribution in [-0.2, 0) is 0 Å². The molecular formula is C27H33ClN2O4. The van der Waals surface area contributed by atoms with Gasteiger partial charge in [0.2, 0.25) is 0 Å². The highest BCUT2D eigenvalue weighted by Gasteiger charge is 2.19. The quantitative estimate of drug-likeness (QED) is 0.233. The third-order valence-electron chi connectivity index (χ3n) is 5.88. The summed E-state index contributed by atoms with van der Waals surface area (Å²) in [6.45, 7) is 2.92. The zero-order valence-electron chi connectivity index (χ0n) is 19.4. The summed E-state index contributed by atoms with van der Waals surface area (Å²) in [5.41, 5.74) is 5.04. The van der Waals surface area contributed by atoms with Gasteiger partial charge in [0.05, 0.1) is 19.8 Å². The summed E-state index contributed by atoms with van der Waals surface area (Å²) in [6.07, 6.45) is -0.710. The van der Waals surface area contributed by atoms with Crippen LogP contribution in [0.5, 0.6) is 0 Å². The van der Waals surface area contributed by atoms with Crippen LogP contribution in [0.25, 0.3) is 0 Å². The molecule has 4 N–H and O–H groups in total. The second-order valence-electron chi connectivity index (χ2n) is 8.15. The van der Waals surface area contributed by atoms with Gasteiger partial charge in [0.25, 0.3) is 0 Å². The minimum absolute atomic E-state index is 0.0151. The number of benzene rings is 3. The molecule has 3 aromatic rings. The van der Waals surface area contributed by atoms with Crippen molar-refractivity contribution in [3.63, 3.8) is 0 Å². The van der Waals surface area contributed by atoms with E-state index in [1.165, 1.54) is 0 Å². The van der Waals surface area contributed by atoms with E-state index in [0.29, 0.717) is 24.7 Å². The minimum atomic E-state index is -0.710. The first kappa shape index (κ1) is 26.0. The van der Waals surface area contributed by atoms with E-state index in [4.69, 9.17) is 11.6 Å². The third-order valence-corrected chi connectivity index (χ3v) is 6.14. The van der Waals surface area contributed by atoms with Crippen LogP contribution in [0.3, 0.4) is 0 Å². The monoisotopic (exact) mass is 484 g/mol. The number of hydrogen-bond acceptors (Lipinski definition) is 6. The fraction of sp³-hybridized carbons (Fsp3) is 0.333. The van der Waals surface area contributed by atoms with Gasteiger partial charge in [-0.15, -0.1) is 0 Å². The van der Waals surface area contributed by atoms with Crippen molar-refractivity contribution < 1.29 is 20.4 Å². The van der Waals surface area contributed by atoms with Crippen molar-refractivity contribution >= 4 is 23.0 Å². The number of hydrogen-bond donors (Lipinski definition) is 4. The molecule has 0 aliphatic carbocycles. The first-order valence-electron chi connectivity index (χ1n) is 11.5. The molecule has 3 rings (SSSR count). The maximum atomic E-state index is 10.1. The lowest BCUT2D eigenvalue weighted by molar-refractivity contribution is 0.177. The smallest absolute Gasteiger partial charge is 0.124 e. The lowest BCUT2D eigenvalue weighted by Crippen LogP contribution is -2.35. The Hall–Kier alpha value is -2.61. The molecule has 6 nitrogen and oxygen atoms in total. The number of anilines is 2. The molecular weight excluding hydrogens is 452 g/mol. The van der Waals surface area contributed by atoms with Gasteiger partial charge in [-0.3, -0.25) is 0 Å². The molecule has 0 fully saturated rings. The van der Waals surface area contributed by atoms with Crippen LogP contribution < -0.4 is 9.80 Å². The van der Waals surface area contributed by atoms with E-state index >= 15 is 0 Å². The van der Waals surface area contributed by atoms with Gasteiger partial charge in [0, 0.05) is 41.9 Å². The van der Waals surface area contributed by atoms with Gasteiger partial charge in [0.1, 0.15) is 6.23 Å². The molecule has 0 aliphatic rings. The van der Waals surface area contributed by atoms with Crippen LogP contribution >= 0.6 is 11.6 Å². The molecule has 0 bridgehead atoms. The zero-order valence-corrected chi connectivity index (χ0v) is 20.1. The molecule has 0 radical (unpaired) electrons. The van der Waals surface area contributed by atoms with E-state index in [2.05, 4.69) is 12.1 Å². The highest BCUT2D eigenvalue weighted by atomic mass is 35.5. The predicted molar refractivity (Wildman–Crippen MR) is 138 cm³/mol. The molecule has 0 aliphatic heterocycles. The number of nitrogens with zero attached hydrogens (tertiary/aromatic N) is 2. The summed E-state index contributed by atoms with van der Waals surface area (Å²) >= 11 is 6.14. The summed E-state index contributed by atoms with van der Waals surface area (Å²) in [5.74, 6) is -0.0395. The van der Waals surface area contributed by atoms with E-state index in [0.717, 1.165) is 28.1 Å². The van der Waals surface area contributed by atoms with Crippen molar-refractivity contribution in [1.82, 2.24) is 0 Å². The summed E-state index contributed by atoms with van der Waals surface area (Å²) in [6, 6.07) is 24.0. The molecule has 182 valence electrons. The summed E-state index contributed by atoms with van der Waals surface area (Å²) < 4.78 is 0. The first-order valence-corrected chi connectivity index (χ1v) is 11.8. The van der Waals surface area contributed by atoms with Crippen LogP contribution in [-0.4, -0.2) is 66.1 Å². The molecule has 2 atom stereocenters. The molecule has 0 saturated carbocycles. The molecule has 7 heteroatoms. The van der Waals surface area contributed by atoms with Gasteiger partial charge in [0.15, 0.2) is 0 Å². The van der Waals surface area contributed by atoms with E-state index < -0.39 is 6.23 Å². The Kier molecular flexibility index (Phi) is 9.74. The predicted octanol–water partition coefficient (Wildman–Crippen LogP) is 3.45. The van der Waals surface area contributed by atoms with E-state index in [-0.39, 0.29) is 25.7 Å². The summed E-state index contributed by atoms with van der Waals surface area (Å²) in [7, 11) is 0. The largest absolute Gasteiger partial charge is 0.395 e. The van der Waals surface area contributed by atoms with E-state index in [1.54, 1.807) is 11.8 Å². The highest BCUT2D eigenvalue weighted by molar-refractivity contribution is 6.30. The Bertz CT molecular complexity index is 989. The zero-order chi connectivity index (χ0) is 24.5. The summed E-state index contributed by atoms with van der Waals surface area (Å²) in [5, 5.41) is 38.8. The topological polar surface area (TPSA) is 87.4 Å². The van der Waals surface area contributed by atoms with Crippen LogP contribution in [0.4, 0.5) is 11.4 Å². The number of halogens is 1. The lowest BCUT2D eigenvalue weighted by atomic mass is 9.85. The lowest BCUT2D eigenvalue weighted by Gasteiger charge is -2.28. The van der Waals surface area contributed by atoms with Gasteiger partial charge < -0.3 is 30.2 Å². The SMILES string of the molecule is CC(O)N(CCO)c1ccc(C(c2ccc(Cl)cc2)c2ccc(N(CCO)CCO)cc2)cc1. The van der Waals surface area contributed by atoms with Crippen molar-refractivity contribution in [3.8, 4) is 0 Å². The molecule has 0 spiro atoms. The number of rotatable bonds is 12. The van der Waals surface area contributed by atoms with E-state index in [9.17, 15) is 20.4 Å². The van der Waals surface area contributed by atoms with Crippen molar-refractivity contribution in [3.05, 3.63) is 94.5 Å².